The van der Waals surface area contributed by atoms with Gasteiger partial charge in [0, 0.05) is 29.1 Å². The Hall–Kier alpha value is -1.72. The van der Waals surface area contributed by atoms with Gasteiger partial charge in [-0.25, -0.2) is 4.98 Å². The number of carbonyl (C=O) groups is 1. The van der Waals surface area contributed by atoms with E-state index in [9.17, 15) is 4.79 Å². The zero-order chi connectivity index (χ0) is 15.4. The van der Waals surface area contributed by atoms with Gasteiger partial charge in [-0.2, -0.15) is 0 Å². The van der Waals surface area contributed by atoms with Crippen molar-refractivity contribution in [1.82, 2.24) is 10.3 Å². The molecule has 4 nitrogen and oxygen atoms in total. The minimum atomic E-state index is -0.372. The Bertz CT molecular complexity index is 649. The van der Waals surface area contributed by atoms with Crippen LogP contribution in [-0.4, -0.2) is 17.4 Å². The third-order valence-electron chi connectivity index (χ3n) is 4.13. The van der Waals surface area contributed by atoms with Gasteiger partial charge in [0.1, 0.15) is 0 Å². The summed E-state index contributed by atoms with van der Waals surface area (Å²) in [4.78, 5) is 17.0. The number of benzene rings is 1. The van der Waals surface area contributed by atoms with E-state index in [1.165, 1.54) is 29.1 Å². The molecule has 1 aromatic heterocycles. The Morgan fingerprint density at radius 3 is 3.00 bits per heavy atom. The van der Waals surface area contributed by atoms with E-state index < -0.39 is 0 Å². The molecule has 0 radical (unpaired) electrons. The van der Waals surface area contributed by atoms with Gasteiger partial charge >= 0.3 is 0 Å². The van der Waals surface area contributed by atoms with E-state index >= 15 is 0 Å². The smallest absolute Gasteiger partial charge is 0.248 e. The Morgan fingerprint density at radius 2 is 2.27 bits per heavy atom. The number of carbonyl (C=O) groups excluding carboxylic acids is 1. The van der Waals surface area contributed by atoms with Gasteiger partial charge in [-0.15, -0.1) is 11.3 Å². The molecule has 1 saturated carbocycles. The van der Waals surface area contributed by atoms with Gasteiger partial charge in [0.15, 0.2) is 0 Å². The molecule has 1 aliphatic rings. The van der Waals surface area contributed by atoms with Crippen LogP contribution in [0.1, 0.15) is 51.0 Å². The minimum absolute atomic E-state index is 0.372. The van der Waals surface area contributed by atoms with Gasteiger partial charge in [0.05, 0.1) is 5.01 Å². The number of rotatable bonds is 7. The Labute approximate surface area is 134 Å². The van der Waals surface area contributed by atoms with Crippen LogP contribution in [0.15, 0.2) is 30.5 Å². The molecule has 0 saturated heterocycles. The van der Waals surface area contributed by atoms with Gasteiger partial charge in [0.2, 0.25) is 5.91 Å². The summed E-state index contributed by atoms with van der Waals surface area (Å²) in [6.45, 7) is 1.73. The Morgan fingerprint density at radius 1 is 1.41 bits per heavy atom. The van der Waals surface area contributed by atoms with E-state index in [2.05, 4.69) is 10.3 Å². The fourth-order valence-electron chi connectivity index (χ4n) is 2.57. The standard InChI is InChI=1S/C17H21N3OS/c18-16(21)14-6-1-3-12(9-14)7-8-19-10-15-11-20-17(22-15)13-4-2-5-13/h1,3,6,9,11,13,19H,2,4-5,7-8,10H2,(H2,18,21). The zero-order valence-corrected chi connectivity index (χ0v) is 13.4. The first-order chi connectivity index (χ1) is 10.7. The number of nitrogens with two attached hydrogens (primary N) is 1. The summed E-state index contributed by atoms with van der Waals surface area (Å²) in [5, 5.41) is 4.74. The van der Waals surface area contributed by atoms with E-state index in [1.54, 1.807) is 6.07 Å². The highest BCUT2D eigenvalue weighted by Gasteiger charge is 2.22. The number of amides is 1. The molecule has 1 aromatic carbocycles. The van der Waals surface area contributed by atoms with Crippen molar-refractivity contribution in [3.63, 3.8) is 0 Å². The Kier molecular flexibility index (Phi) is 4.85. The number of hydrogen-bond acceptors (Lipinski definition) is 4. The predicted molar refractivity (Wildman–Crippen MR) is 89.1 cm³/mol. The highest BCUT2D eigenvalue weighted by molar-refractivity contribution is 7.11. The lowest BCUT2D eigenvalue weighted by atomic mass is 9.86. The molecule has 3 rings (SSSR count). The molecule has 2 aromatic rings. The second-order valence-corrected chi connectivity index (χ2v) is 6.93. The number of aromatic nitrogens is 1. The van der Waals surface area contributed by atoms with E-state index in [4.69, 9.17) is 5.73 Å². The largest absolute Gasteiger partial charge is 0.366 e. The number of thiazole rings is 1. The van der Waals surface area contributed by atoms with Crippen LogP contribution in [-0.2, 0) is 13.0 Å². The van der Waals surface area contributed by atoms with Gasteiger partial charge in [-0.1, -0.05) is 18.6 Å². The minimum Gasteiger partial charge on any atom is -0.366 e. The summed E-state index contributed by atoms with van der Waals surface area (Å²) in [7, 11) is 0. The van der Waals surface area contributed by atoms with Gasteiger partial charge < -0.3 is 11.1 Å². The molecule has 3 N–H and O–H groups in total. The van der Waals surface area contributed by atoms with Crippen molar-refractivity contribution >= 4 is 17.2 Å². The van der Waals surface area contributed by atoms with Crippen molar-refractivity contribution in [2.45, 2.75) is 38.1 Å². The summed E-state index contributed by atoms with van der Waals surface area (Å²) >= 11 is 1.83. The zero-order valence-electron chi connectivity index (χ0n) is 12.5. The molecule has 1 aliphatic carbocycles. The topological polar surface area (TPSA) is 68.0 Å². The maximum absolute atomic E-state index is 11.2. The van der Waals surface area contributed by atoms with Crippen molar-refractivity contribution in [3.8, 4) is 0 Å². The number of nitrogens with zero attached hydrogens (tertiary/aromatic N) is 1. The molecule has 0 bridgehead atoms. The third-order valence-corrected chi connectivity index (χ3v) is 5.29. The number of hydrogen-bond donors (Lipinski definition) is 2. The van der Waals surface area contributed by atoms with Crippen LogP contribution in [0.5, 0.6) is 0 Å². The SMILES string of the molecule is NC(=O)c1cccc(CCNCc2cnc(C3CCC3)s2)c1. The second kappa shape index (κ2) is 7.03. The first-order valence-corrected chi connectivity index (χ1v) is 8.58. The lowest BCUT2D eigenvalue weighted by Crippen LogP contribution is -2.16. The third kappa shape index (κ3) is 3.72. The lowest BCUT2D eigenvalue weighted by Gasteiger charge is -2.22. The average Bonchev–Trinajstić information content (AvgIpc) is 2.90. The van der Waals surface area contributed by atoms with E-state index in [-0.39, 0.29) is 5.91 Å². The number of nitrogens with one attached hydrogen (secondary N) is 1. The van der Waals surface area contributed by atoms with E-state index in [0.717, 1.165) is 31.0 Å². The van der Waals surface area contributed by atoms with Crippen molar-refractivity contribution in [2.75, 3.05) is 6.54 Å². The highest BCUT2D eigenvalue weighted by atomic mass is 32.1. The molecule has 116 valence electrons. The highest BCUT2D eigenvalue weighted by Crippen LogP contribution is 2.38. The second-order valence-electron chi connectivity index (χ2n) is 5.78. The van der Waals surface area contributed by atoms with Crippen LogP contribution in [0.3, 0.4) is 0 Å². The van der Waals surface area contributed by atoms with Crippen molar-refractivity contribution in [1.29, 1.82) is 0 Å². The Balaban J connectivity index is 1.44. The summed E-state index contributed by atoms with van der Waals surface area (Å²) in [6, 6.07) is 7.52. The fourth-order valence-corrected chi connectivity index (χ4v) is 3.63. The maximum Gasteiger partial charge on any atom is 0.248 e. The van der Waals surface area contributed by atoms with Crippen molar-refractivity contribution in [2.24, 2.45) is 5.73 Å². The van der Waals surface area contributed by atoms with Crippen LogP contribution in [0.2, 0.25) is 0 Å². The molecule has 1 fully saturated rings. The summed E-state index contributed by atoms with van der Waals surface area (Å²) < 4.78 is 0. The summed E-state index contributed by atoms with van der Waals surface area (Å²) in [5.74, 6) is 0.346. The van der Waals surface area contributed by atoms with Crippen LogP contribution < -0.4 is 11.1 Å². The van der Waals surface area contributed by atoms with Gasteiger partial charge in [-0.3, -0.25) is 4.79 Å². The van der Waals surface area contributed by atoms with Crippen LogP contribution in [0.4, 0.5) is 0 Å². The molecule has 5 heteroatoms. The van der Waals surface area contributed by atoms with Crippen molar-refractivity contribution in [3.05, 3.63) is 51.5 Å². The molecule has 0 unspecified atom stereocenters. The van der Waals surface area contributed by atoms with Gasteiger partial charge in [-0.05, 0) is 43.5 Å². The average molecular weight is 315 g/mol. The first kappa shape index (κ1) is 15.2. The first-order valence-electron chi connectivity index (χ1n) is 7.76. The molecule has 0 spiro atoms. The van der Waals surface area contributed by atoms with E-state index in [1.807, 2.05) is 35.7 Å². The molecular formula is C17H21N3OS. The lowest BCUT2D eigenvalue weighted by molar-refractivity contribution is 0.1000. The molecule has 1 heterocycles. The van der Waals surface area contributed by atoms with Gasteiger partial charge in [0.25, 0.3) is 0 Å². The van der Waals surface area contributed by atoms with Crippen LogP contribution in [0.25, 0.3) is 0 Å². The molecular weight excluding hydrogens is 294 g/mol. The van der Waals surface area contributed by atoms with Crippen LogP contribution in [0, 0.1) is 0 Å². The summed E-state index contributed by atoms with van der Waals surface area (Å²) in [6.07, 6.45) is 6.84. The summed E-state index contributed by atoms with van der Waals surface area (Å²) in [5.41, 5.74) is 7.00. The molecule has 0 atom stereocenters. The monoisotopic (exact) mass is 315 g/mol. The quantitative estimate of drug-likeness (QED) is 0.772. The molecule has 0 aliphatic heterocycles. The van der Waals surface area contributed by atoms with Crippen LogP contribution >= 0.6 is 11.3 Å². The predicted octanol–water partition coefficient (Wildman–Crippen LogP) is 2.84. The fraction of sp³-hybridized carbons (Fsp3) is 0.412. The molecule has 1 amide bonds. The molecule has 22 heavy (non-hydrogen) atoms. The van der Waals surface area contributed by atoms with Crippen molar-refractivity contribution < 1.29 is 4.79 Å². The normalized spacial score (nSPS) is 14.7. The maximum atomic E-state index is 11.2. The number of primary amides is 1. The van der Waals surface area contributed by atoms with E-state index in [0.29, 0.717) is 5.56 Å².